The van der Waals surface area contributed by atoms with Gasteiger partial charge in [0, 0.05) is 69.7 Å². The molecular formula is C19H26N8O. The van der Waals surface area contributed by atoms with Gasteiger partial charge in [-0.25, -0.2) is 4.98 Å². The molecule has 9 nitrogen and oxygen atoms in total. The number of hydrogen-bond donors (Lipinski definition) is 2. The van der Waals surface area contributed by atoms with Gasteiger partial charge >= 0.3 is 0 Å². The van der Waals surface area contributed by atoms with Crippen LogP contribution in [0.3, 0.4) is 0 Å². The highest BCUT2D eigenvalue weighted by Crippen LogP contribution is 2.15. The number of anilines is 2. The van der Waals surface area contributed by atoms with Crippen LogP contribution in [0.2, 0.25) is 0 Å². The number of pyridine rings is 1. The maximum atomic E-state index is 12.6. The maximum absolute atomic E-state index is 12.6. The van der Waals surface area contributed by atoms with Crippen molar-refractivity contribution in [2.45, 2.75) is 25.9 Å². The van der Waals surface area contributed by atoms with E-state index in [4.69, 9.17) is 0 Å². The molecule has 1 atom stereocenters. The molecule has 4 heterocycles. The van der Waals surface area contributed by atoms with E-state index in [0.717, 1.165) is 43.7 Å². The van der Waals surface area contributed by atoms with Crippen LogP contribution in [0.4, 0.5) is 11.6 Å². The average molecular weight is 382 g/mol. The zero-order valence-electron chi connectivity index (χ0n) is 16.3. The first-order valence-electron chi connectivity index (χ1n) is 9.71. The van der Waals surface area contributed by atoms with Gasteiger partial charge in [0.15, 0.2) is 0 Å². The van der Waals surface area contributed by atoms with E-state index in [0.29, 0.717) is 24.2 Å². The minimum atomic E-state index is -0.0401. The number of piperazine rings is 1. The molecule has 0 spiro atoms. The van der Waals surface area contributed by atoms with E-state index < -0.39 is 0 Å². The van der Waals surface area contributed by atoms with Crippen LogP contribution in [0, 0.1) is 0 Å². The van der Waals surface area contributed by atoms with Crippen LogP contribution < -0.4 is 16.2 Å². The SMILES string of the molecule is CC[C@H]1CNCCN1CCn1c(=O)ccc2cnc(Nc3cnn(C)c3)nc21. The smallest absolute Gasteiger partial charge is 0.252 e. The molecule has 9 heteroatoms. The van der Waals surface area contributed by atoms with Crippen molar-refractivity contribution < 1.29 is 0 Å². The molecule has 2 N–H and O–H groups in total. The highest BCUT2D eigenvalue weighted by molar-refractivity contribution is 5.75. The van der Waals surface area contributed by atoms with Crippen molar-refractivity contribution >= 4 is 22.7 Å². The lowest BCUT2D eigenvalue weighted by molar-refractivity contribution is 0.151. The molecule has 28 heavy (non-hydrogen) atoms. The Hall–Kier alpha value is -2.78. The van der Waals surface area contributed by atoms with Crippen LogP contribution in [-0.4, -0.2) is 61.4 Å². The van der Waals surface area contributed by atoms with Crippen molar-refractivity contribution in [1.29, 1.82) is 0 Å². The summed E-state index contributed by atoms with van der Waals surface area (Å²) < 4.78 is 3.46. The second-order valence-electron chi connectivity index (χ2n) is 7.13. The van der Waals surface area contributed by atoms with Gasteiger partial charge in [0.1, 0.15) is 5.65 Å². The minimum absolute atomic E-state index is 0.0401. The number of nitrogens with one attached hydrogen (secondary N) is 2. The van der Waals surface area contributed by atoms with Crippen molar-refractivity contribution in [1.82, 2.24) is 34.5 Å². The lowest BCUT2D eigenvalue weighted by atomic mass is 10.1. The van der Waals surface area contributed by atoms with Gasteiger partial charge in [-0.1, -0.05) is 6.92 Å². The first kappa shape index (κ1) is 18.6. The van der Waals surface area contributed by atoms with E-state index in [1.54, 1.807) is 33.8 Å². The third-order valence-corrected chi connectivity index (χ3v) is 5.24. The Morgan fingerprint density at radius 2 is 2.18 bits per heavy atom. The predicted octanol–water partition coefficient (Wildman–Crippen LogP) is 0.952. The molecule has 148 valence electrons. The number of nitrogens with zero attached hydrogens (tertiary/aromatic N) is 6. The first-order valence-corrected chi connectivity index (χ1v) is 9.71. The largest absolute Gasteiger partial charge is 0.321 e. The molecule has 0 radical (unpaired) electrons. The molecule has 0 saturated carbocycles. The van der Waals surface area contributed by atoms with Crippen LogP contribution in [0.15, 0.2) is 35.5 Å². The van der Waals surface area contributed by atoms with E-state index in [9.17, 15) is 4.79 Å². The summed E-state index contributed by atoms with van der Waals surface area (Å²) in [4.78, 5) is 24.0. The van der Waals surface area contributed by atoms with E-state index in [1.807, 2.05) is 13.2 Å². The number of fused-ring (bicyclic) bond motifs is 1. The van der Waals surface area contributed by atoms with Crippen molar-refractivity contribution in [3.63, 3.8) is 0 Å². The summed E-state index contributed by atoms with van der Waals surface area (Å²) in [5.41, 5.74) is 1.41. The summed E-state index contributed by atoms with van der Waals surface area (Å²) in [7, 11) is 1.85. The van der Waals surface area contributed by atoms with Crippen LogP contribution in [0.5, 0.6) is 0 Å². The topological polar surface area (TPSA) is 92.9 Å². The molecule has 1 aliphatic rings. The first-order chi connectivity index (χ1) is 13.6. The molecular weight excluding hydrogens is 356 g/mol. The molecule has 1 aliphatic heterocycles. The highest BCUT2D eigenvalue weighted by atomic mass is 16.1. The van der Waals surface area contributed by atoms with Crippen molar-refractivity contribution in [2.24, 2.45) is 7.05 Å². The van der Waals surface area contributed by atoms with Crippen LogP contribution >= 0.6 is 0 Å². The third-order valence-electron chi connectivity index (χ3n) is 5.24. The molecule has 0 aliphatic carbocycles. The van der Waals surface area contributed by atoms with Gasteiger partial charge in [0.25, 0.3) is 5.56 Å². The van der Waals surface area contributed by atoms with Crippen LogP contribution in [-0.2, 0) is 13.6 Å². The van der Waals surface area contributed by atoms with Gasteiger partial charge in [-0.05, 0) is 12.5 Å². The predicted molar refractivity (Wildman–Crippen MR) is 109 cm³/mol. The number of aryl methyl sites for hydroxylation is 1. The minimum Gasteiger partial charge on any atom is -0.321 e. The lowest BCUT2D eigenvalue weighted by Crippen LogP contribution is -2.52. The fraction of sp³-hybridized carbons (Fsp3) is 0.474. The Kier molecular flexibility index (Phi) is 5.36. The normalized spacial score (nSPS) is 17.9. The maximum Gasteiger partial charge on any atom is 0.252 e. The Bertz CT molecular complexity index is 1010. The van der Waals surface area contributed by atoms with Gasteiger partial charge in [0.05, 0.1) is 11.9 Å². The quantitative estimate of drug-likeness (QED) is 0.656. The van der Waals surface area contributed by atoms with E-state index in [1.165, 1.54) is 0 Å². The van der Waals surface area contributed by atoms with Gasteiger partial charge in [-0.3, -0.25) is 18.9 Å². The Labute approximate surface area is 163 Å². The van der Waals surface area contributed by atoms with Gasteiger partial charge in [-0.2, -0.15) is 10.1 Å². The summed E-state index contributed by atoms with van der Waals surface area (Å²) in [6.07, 6.45) is 6.40. The standard InChI is InChI=1S/C19H26N8O/c1-3-16-12-20-6-7-26(16)8-9-27-17(28)5-4-14-10-21-19(24-18(14)27)23-15-11-22-25(2)13-15/h4-5,10-11,13,16,20H,3,6-9,12H2,1-2H3,(H,21,23,24)/t16-/m0/s1. The molecule has 3 aromatic rings. The second-order valence-corrected chi connectivity index (χ2v) is 7.13. The third kappa shape index (κ3) is 3.90. The zero-order valence-corrected chi connectivity index (χ0v) is 16.3. The van der Waals surface area contributed by atoms with E-state index >= 15 is 0 Å². The van der Waals surface area contributed by atoms with E-state index in [-0.39, 0.29) is 5.56 Å². The molecule has 0 bridgehead atoms. The van der Waals surface area contributed by atoms with Gasteiger partial charge < -0.3 is 10.6 Å². The molecule has 1 saturated heterocycles. The van der Waals surface area contributed by atoms with Gasteiger partial charge in [0.2, 0.25) is 5.95 Å². The van der Waals surface area contributed by atoms with Crippen LogP contribution in [0.25, 0.3) is 11.0 Å². The molecule has 1 fully saturated rings. The average Bonchev–Trinajstić information content (AvgIpc) is 3.12. The highest BCUT2D eigenvalue weighted by Gasteiger charge is 2.20. The van der Waals surface area contributed by atoms with Crippen molar-refractivity contribution in [3.8, 4) is 0 Å². The summed E-state index contributed by atoms with van der Waals surface area (Å²) >= 11 is 0. The monoisotopic (exact) mass is 382 g/mol. The number of aromatic nitrogens is 5. The fourth-order valence-electron chi connectivity index (χ4n) is 3.69. The number of hydrogen-bond acceptors (Lipinski definition) is 7. The van der Waals surface area contributed by atoms with Gasteiger partial charge in [-0.15, -0.1) is 0 Å². The molecule has 4 rings (SSSR count). The van der Waals surface area contributed by atoms with Crippen molar-refractivity contribution in [3.05, 3.63) is 41.1 Å². The lowest BCUT2D eigenvalue weighted by Gasteiger charge is -2.35. The summed E-state index contributed by atoms with van der Waals surface area (Å²) in [6.45, 7) is 6.63. The summed E-state index contributed by atoms with van der Waals surface area (Å²) in [5, 5.41) is 11.6. The fourth-order valence-corrected chi connectivity index (χ4v) is 3.69. The Morgan fingerprint density at radius 1 is 1.29 bits per heavy atom. The van der Waals surface area contributed by atoms with Crippen molar-refractivity contribution in [2.75, 3.05) is 31.5 Å². The zero-order chi connectivity index (χ0) is 19.5. The Balaban J connectivity index is 1.60. The number of rotatable bonds is 6. The molecule has 0 unspecified atom stereocenters. The molecule has 0 aromatic carbocycles. The molecule has 0 amide bonds. The molecule has 3 aromatic heterocycles. The van der Waals surface area contributed by atoms with Crippen LogP contribution in [0.1, 0.15) is 13.3 Å². The Morgan fingerprint density at radius 3 is 2.96 bits per heavy atom. The summed E-state index contributed by atoms with van der Waals surface area (Å²) in [6, 6.07) is 3.88. The summed E-state index contributed by atoms with van der Waals surface area (Å²) in [5.74, 6) is 0.452. The second kappa shape index (κ2) is 8.07. The van der Waals surface area contributed by atoms with E-state index in [2.05, 4.69) is 37.5 Å².